The molecule has 0 aliphatic carbocycles. The van der Waals surface area contributed by atoms with Crippen LogP contribution in [0.15, 0.2) is 18.2 Å². The fourth-order valence-corrected chi connectivity index (χ4v) is 1.66. The predicted molar refractivity (Wildman–Crippen MR) is 58.9 cm³/mol. The molecule has 0 saturated heterocycles. The minimum Gasteiger partial charge on any atom is -0.489 e. The molecule has 0 unspecified atom stereocenters. The Balaban J connectivity index is 2.23. The highest BCUT2D eigenvalue weighted by atomic mass is 16.7. The molecule has 82 valence electrons. The second-order valence-corrected chi connectivity index (χ2v) is 3.54. The number of nitrogens with zero attached hydrogens (tertiary/aromatic N) is 1. The van der Waals surface area contributed by atoms with Crippen LogP contribution in [0, 0.1) is 0 Å². The second-order valence-electron chi connectivity index (χ2n) is 3.54. The van der Waals surface area contributed by atoms with Gasteiger partial charge in [0.1, 0.15) is 12.4 Å². The Labute approximate surface area is 89.7 Å². The predicted octanol–water partition coefficient (Wildman–Crippen LogP) is 1.48. The number of anilines is 1. The number of fused-ring (bicyclic) bond motifs is 1. The quantitative estimate of drug-likeness (QED) is 0.763. The molecule has 1 heterocycles. The number of hydrogen-bond donors (Lipinski definition) is 1. The van der Waals surface area contributed by atoms with Gasteiger partial charge in [0.25, 0.3) is 0 Å². The summed E-state index contributed by atoms with van der Waals surface area (Å²) >= 11 is 0. The summed E-state index contributed by atoms with van der Waals surface area (Å²) in [6, 6.07) is 6.12. The van der Waals surface area contributed by atoms with Crippen LogP contribution >= 0.6 is 0 Å². The van der Waals surface area contributed by atoms with E-state index in [0.29, 0.717) is 0 Å². The maximum atomic E-state index is 5.66. The first-order valence-electron chi connectivity index (χ1n) is 5.05. The van der Waals surface area contributed by atoms with E-state index in [1.807, 2.05) is 19.2 Å². The van der Waals surface area contributed by atoms with E-state index >= 15 is 0 Å². The average Bonchev–Trinajstić information content (AvgIpc) is 2.29. The third kappa shape index (κ3) is 2.22. The maximum Gasteiger partial charge on any atom is 0.147 e. The Hall–Kier alpha value is -1.26. The van der Waals surface area contributed by atoms with Crippen molar-refractivity contribution in [2.24, 2.45) is 0 Å². The number of nitrogens with one attached hydrogen (secondary N) is 1. The number of ether oxygens (including phenoxy) is 1. The normalized spacial score (nSPS) is 14.3. The van der Waals surface area contributed by atoms with Crippen LogP contribution in [0.25, 0.3) is 0 Å². The largest absolute Gasteiger partial charge is 0.489 e. The maximum absolute atomic E-state index is 5.66. The molecule has 0 aromatic heterocycles. The van der Waals surface area contributed by atoms with Gasteiger partial charge in [-0.05, 0) is 6.07 Å². The Morgan fingerprint density at radius 2 is 2.40 bits per heavy atom. The van der Waals surface area contributed by atoms with E-state index in [0.717, 1.165) is 36.7 Å². The first-order chi connectivity index (χ1) is 7.31. The Morgan fingerprint density at radius 1 is 1.53 bits per heavy atom. The van der Waals surface area contributed by atoms with E-state index in [1.165, 1.54) is 0 Å². The van der Waals surface area contributed by atoms with Crippen molar-refractivity contribution >= 4 is 5.69 Å². The highest BCUT2D eigenvalue weighted by Gasteiger charge is 2.14. The summed E-state index contributed by atoms with van der Waals surface area (Å²) < 4.78 is 5.66. The molecule has 1 aliphatic rings. The number of para-hydroxylation sites is 1. The van der Waals surface area contributed by atoms with E-state index in [-0.39, 0.29) is 0 Å². The zero-order valence-corrected chi connectivity index (χ0v) is 9.12. The molecular formula is C11H16N2O2. The molecule has 1 N–H and O–H groups in total. The van der Waals surface area contributed by atoms with E-state index < -0.39 is 0 Å². The Bertz CT molecular complexity index is 341. The van der Waals surface area contributed by atoms with Crippen LogP contribution in [-0.4, -0.2) is 32.4 Å². The van der Waals surface area contributed by atoms with Crippen LogP contribution in [-0.2, 0) is 11.4 Å². The highest BCUT2D eigenvalue weighted by Crippen LogP contribution is 2.31. The van der Waals surface area contributed by atoms with Gasteiger partial charge in [-0.3, -0.25) is 0 Å². The molecule has 1 aromatic rings. The molecule has 4 nitrogen and oxygen atoms in total. The van der Waals surface area contributed by atoms with Crippen LogP contribution in [0.2, 0.25) is 0 Å². The number of hydrogen-bond acceptors (Lipinski definition) is 4. The molecule has 4 heteroatoms. The lowest BCUT2D eigenvalue weighted by atomic mass is 10.1. The van der Waals surface area contributed by atoms with Crippen molar-refractivity contribution in [3.05, 3.63) is 23.8 Å². The summed E-state index contributed by atoms with van der Waals surface area (Å²) in [4.78, 5) is 5.10. The van der Waals surface area contributed by atoms with Gasteiger partial charge in [0.2, 0.25) is 0 Å². The lowest BCUT2D eigenvalue weighted by Crippen LogP contribution is -2.21. The van der Waals surface area contributed by atoms with Crippen LogP contribution in [0.5, 0.6) is 5.75 Å². The van der Waals surface area contributed by atoms with E-state index in [9.17, 15) is 0 Å². The zero-order valence-electron chi connectivity index (χ0n) is 9.12. The number of rotatable bonds is 3. The zero-order chi connectivity index (χ0) is 10.7. The minimum atomic E-state index is 0.723. The first-order valence-corrected chi connectivity index (χ1v) is 5.05. The van der Waals surface area contributed by atoms with Crippen LogP contribution in [0.3, 0.4) is 0 Å². The van der Waals surface area contributed by atoms with Crippen molar-refractivity contribution in [3.8, 4) is 5.75 Å². The van der Waals surface area contributed by atoms with Crippen LogP contribution in [0.4, 0.5) is 5.69 Å². The third-order valence-corrected chi connectivity index (χ3v) is 2.47. The Morgan fingerprint density at radius 3 is 3.20 bits per heavy atom. The summed E-state index contributed by atoms with van der Waals surface area (Å²) in [5.41, 5.74) is 2.22. The number of hydroxylamine groups is 2. The minimum absolute atomic E-state index is 0.723. The second kappa shape index (κ2) is 4.51. The fourth-order valence-electron chi connectivity index (χ4n) is 1.66. The lowest BCUT2D eigenvalue weighted by molar-refractivity contribution is -0.116. The summed E-state index contributed by atoms with van der Waals surface area (Å²) in [7, 11) is 3.56. The smallest absolute Gasteiger partial charge is 0.147 e. The lowest BCUT2D eigenvalue weighted by Gasteiger charge is -2.23. The van der Waals surface area contributed by atoms with Gasteiger partial charge in [0.05, 0.1) is 19.3 Å². The van der Waals surface area contributed by atoms with Crippen molar-refractivity contribution in [2.75, 3.05) is 32.6 Å². The number of benzene rings is 1. The van der Waals surface area contributed by atoms with Crippen molar-refractivity contribution in [3.63, 3.8) is 0 Å². The fraction of sp³-hybridized carbons (Fsp3) is 0.455. The van der Waals surface area contributed by atoms with E-state index in [2.05, 4.69) is 11.4 Å². The SMILES string of the molecule is CON(C)Cc1cccc2c1OCCN2. The van der Waals surface area contributed by atoms with Gasteiger partial charge in [0.15, 0.2) is 0 Å². The molecular weight excluding hydrogens is 192 g/mol. The van der Waals surface area contributed by atoms with Gasteiger partial charge < -0.3 is 14.9 Å². The van der Waals surface area contributed by atoms with Crippen molar-refractivity contribution in [1.29, 1.82) is 0 Å². The van der Waals surface area contributed by atoms with Gasteiger partial charge in [-0.15, -0.1) is 0 Å². The molecule has 2 rings (SSSR count). The van der Waals surface area contributed by atoms with Gasteiger partial charge in [-0.2, -0.15) is 5.06 Å². The molecule has 0 fully saturated rings. The molecule has 0 spiro atoms. The molecule has 1 aromatic carbocycles. The topological polar surface area (TPSA) is 33.7 Å². The summed E-state index contributed by atoms with van der Waals surface area (Å²) in [6.07, 6.45) is 0. The molecule has 15 heavy (non-hydrogen) atoms. The van der Waals surface area contributed by atoms with Crippen LogP contribution in [0.1, 0.15) is 5.56 Å². The summed E-state index contributed by atoms with van der Waals surface area (Å²) in [5, 5.41) is 5.08. The average molecular weight is 208 g/mol. The molecule has 0 saturated carbocycles. The van der Waals surface area contributed by atoms with Crippen molar-refractivity contribution in [2.45, 2.75) is 6.54 Å². The van der Waals surface area contributed by atoms with Gasteiger partial charge in [-0.1, -0.05) is 12.1 Å². The summed E-state index contributed by atoms with van der Waals surface area (Å²) in [5.74, 6) is 0.952. The standard InChI is InChI=1S/C11H16N2O2/c1-13(14-2)8-9-4-3-5-10-11(9)15-7-6-12-10/h3-5,12H,6-8H2,1-2H3. The van der Waals surface area contributed by atoms with Crippen molar-refractivity contribution < 1.29 is 9.57 Å². The van der Waals surface area contributed by atoms with Crippen molar-refractivity contribution in [1.82, 2.24) is 5.06 Å². The first kappa shape index (κ1) is 10.3. The monoisotopic (exact) mass is 208 g/mol. The third-order valence-electron chi connectivity index (χ3n) is 2.47. The summed E-state index contributed by atoms with van der Waals surface area (Å²) in [6.45, 7) is 2.32. The van der Waals surface area contributed by atoms with E-state index in [4.69, 9.17) is 9.57 Å². The highest BCUT2D eigenvalue weighted by molar-refractivity contribution is 5.61. The van der Waals surface area contributed by atoms with Crippen LogP contribution < -0.4 is 10.1 Å². The van der Waals surface area contributed by atoms with Gasteiger partial charge in [-0.25, -0.2) is 0 Å². The molecule has 0 atom stereocenters. The Kier molecular flexibility index (Phi) is 3.08. The molecule has 0 amide bonds. The molecule has 1 aliphatic heterocycles. The van der Waals surface area contributed by atoms with Gasteiger partial charge in [0, 0.05) is 19.2 Å². The van der Waals surface area contributed by atoms with E-state index in [1.54, 1.807) is 12.2 Å². The molecule has 0 radical (unpaired) electrons. The van der Waals surface area contributed by atoms with Gasteiger partial charge >= 0.3 is 0 Å². The molecule has 0 bridgehead atoms.